The summed E-state index contributed by atoms with van der Waals surface area (Å²) in [6.07, 6.45) is 7.83. The van der Waals surface area contributed by atoms with Crippen molar-refractivity contribution in [3.8, 4) is 0 Å². The van der Waals surface area contributed by atoms with Crippen molar-refractivity contribution in [2.45, 2.75) is 90.8 Å². The minimum absolute atomic E-state index is 0.00919. The van der Waals surface area contributed by atoms with Crippen molar-refractivity contribution in [3.63, 3.8) is 0 Å². The lowest BCUT2D eigenvalue weighted by atomic mass is 9.41. The van der Waals surface area contributed by atoms with Crippen molar-refractivity contribution in [1.82, 2.24) is 0 Å². The topological polar surface area (TPSA) is 60.7 Å². The van der Waals surface area contributed by atoms with E-state index in [9.17, 15) is 15.3 Å². The molecule has 3 N–H and O–H groups in total. The van der Waals surface area contributed by atoms with Crippen molar-refractivity contribution in [3.05, 3.63) is 0 Å². The molecule has 0 heterocycles. The highest BCUT2D eigenvalue weighted by molar-refractivity contribution is 5.13. The molecule has 0 spiro atoms. The average Bonchev–Trinajstić information content (AvgIpc) is 2.49. The van der Waals surface area contributed by atoms with Crippen LogP contribution in [0.15, 0.2) is 0 Å². The van der Waals surface area contributed by atoms with Crippen LogP contribution >= 0.6 is 0 Å². The van der Waals surface area contributed by atoms with Gasteiger partial charge in [0.2, 0.25) is 0 Å². The fourth-order valence-corrected chi connectivity index (χ4v) is 6.53. The summed E-state index contributed by atoms with van der Waals surface area (Å²) >= 11 is 0. The van der Waals surface area contributed by atoms with E-state index >= 15 is 0 Å². The monoisotopic (exact) mass is 324 g/mol. The fourth-order valence-electron chi connectivity index (χ4n) is 6.53. The molecule has 3 aliphatic carbocycles. The molecule has 6 atom stereocenters. The first kappa shape index (κ1) is 17.7. The van der Waals surface area contributed by atoms with Crippen molar-refractivity contribution in [2.24, 2.45) is 28.1 Å². The molecule has 0 bridgehead atoms. The van der Waals surface area contributed by atoms with Crippen LogP contribution in [-0.2, 0) is 0 Å². The van der Waals surface area contributed by atoms with Crippen molar-refractivity contribution in [2.75, 3.05) is 6.61 Å². The highest BCUT2D eigenvalue weighted by Crippen LogP contribution is 2.66. The molecule has 0 aromatic carbocycles. The van der Waals surface area contributed by atoms with Crippen molar-refractivity contribution in [1.29, 1.82) is 0 Å². The Morgan fingerprint density at radius 3 is 2.35 bits per heavy atom. The number of aliphatic hydroxyl groups excluding tert-OH is 2. The number of hydrogen-bond donors (Lipinski definition) is 3. The van der Waals surface area contributed by atoms with Crippen LogP contribution in [0.5, 0.6) is 0 Å². The van der Waals surface area contributed by atoms with E-state index in [1.807, 2.05) is 0 Å². The Labute approximate surface area is 141 Å². The molecule has 23 heavy (non-hydrogen) atoms. The van der Waals surface area contributed by atoms with E-state index in [1.54, 1.807) is 0 Å². The molecule has 3 aliphatic rings. The van der Waals surface area contributed by atoms with E-state index < -0.39 is 11.7 Å². The second-order valence-corrected chi connectivity index (χ2v) is 10.1. The van der Waals surface area contributed by atoms with Gasteiger partial charge >= 0.3 is 0 Å². The van der Waals surface area contributed by atoms with E-state index in [-0.39, 0.29) is 22.9 Å². The summed E-state index contributed by atoms with van der Waals surface area (Å²) in [5.41, 5.74) is -0.507. The number of aliphatic hydroxyl groups is 3. The van der Waals surface area contributed by atoms with Crippen LogP contribution < -0.4 is 0 Å². The largest absolute Gasteiger partial charge is 0.394 e. The normalized spacial score (nSPS) is 50.7. The summed E-state index contributed by atoms with van der Waals surface area (Å²) in [5.74, 6) is 0.940. The lowest BCUT2D eigenvalue weighted by Gasteiger charge is -2.65. The lowest BCUT2D eigenvalue weighted by molar-refractivity contribution is -0.231. The van der Waals surface area contributed by atoms with Gasteiger partial charge in [-0.05, 0) is 73.0 Å². The van der Waals surface area contributed by atoms with E-state index in [1.165, 1.54) is 6.42 Å². The van der Waals surface area contributed by atoms with E-state index in [0.29, 0.717) is 11.8 Å². The van der Waals surface area contributed by atoms with Gasteiger partial charge in [-0.3, -0.25) is 0 Å². The highest BCUT2D eigenvalue weighted by Gasteiger charge is 2.63. The van der Waals surface area contributed by atoms with Crippen LogP contribution in [0.2, 0.25) is 0 Å². The van der Waals surface area contributed by atoms with Gasteiger partial charge in [0.1, 0.15) is 0 Å². The molecule has 3 rings (SSSR count). The van der Waals surface area contributed by atoms with Crippen LogP contribution in [0.3, 0.4) is 0 Å². The van der Waals surface area contributed by atoms with Gasteiger partial charge < -0.3 is 15.3 Å². The number of rotatable bonds is 2. The van der Waals surface area contributed by atoms with Crippen LogP contribution in [0.1, 0.15) is 79.1 Å². The summed E-state index contributed by atoms with van der Waals surface area (Å²) in [6.45, 7) is 8.91. The van der Waals surface area contributed by atoms with Gasteiger partial charge in [0.05, 0.1) is 18.3 Å². The Hall–Kier alpha value is -0.120. The van der Waals surface area contributed by atoms with Crippen LogP contribution in [0.25, 0.3) is 0 Å². The molecule has 0 unspecified atom stereocenters. The van der Waals surface area contributed by atoms with Crippen molar-refractivity contribution < 1.29 is 15.3 Å². The predicted octanol–water partition coefficient (Wildman–Crippen LogP) is 3.50. The molecule has 3 saturated carbocycles. The van der Waals surface area contributed by atoms with Gasteiger partial charge in [-0.15, -0.1) is 0 Å². The zero-order chi connectivity index (χ0) is 17.1. The molecule has 3 fully saturated rings. The maximum absolute atomic E-state index is 11.6. The first-order chi connectivity index (χ1) is 10.6. The zero-order valence-electron chi connectivity index (χ0n) is 15.4. The van der Waals surface area contributed by atoms with Crippen molar-refractivity contribution >= 4 is 0 Å². The minimum atomic E-state index is -0.615. The fraction of sp³-hybridized carbons (Fsp3) is 1.00. The maximum Gasteiger partial charge on any atom is 0.0824 e. The summed E-state index contributed by atoms with van der Waals surface area (Å²) < 4.78 is 0. The molecule has 3 nitrogen and oxygen atoms in total. The van der Waals surface area contributed by atoms with E-state index in [0.717, 1.165) is 44.9 Å². The molecule has 0 amide bonds. The molecule has 0 aromatic heterocycles. The Morgan fingerprint density at radius 2 is 1.70 bits per heavy atom. The lowest BCUT2D eigenvalue weighted by Crippen LogP contribution is -2.64. The second-order valence-electron chi connectivity index (χ2n) is 10.1. The van der Waals surface area contributed by atoms with Crippen LogP contribution in [-0.4, -0.2) is 33.6 Å². The van der Waals surface area contributed by atoms with Gasteiger partial charge in [0.15, 0.2) is 0 Å². The smallest absolute Gasteiger partial charge is 0.0824 e. The van der Waals surface area contributed by atoms with E-state index in [2.05, 4.69) is 27.7 Å². The van der Waals surface area contributed by atoms with E-state index in [4.69, 9.17) is 0 Å². The Kier molecular flexibility index (Phi) is 4.18. The summed E-state index contributed by atoms with van der Waals surface area (Å²) in [6, 6.07) is 0. The first-order valence-electron chi connectivity index (χ1n) is 9.60. The third-order valence-corrected chi connectivity index (χ3v) is 8.57. The molecule has 3 heteroatoms. The zero-order valence-corrected chi connectivity index (χ0v) is 15.4. The molecular formula is C20H36O3. The van der Waals surface area contributed by atoms with Gasteiger partial charge in [0.25, 0.3) is 0 Å². The predicted molar refractivity (Wildman–Crippen MR) is 92.0 cm³/mol. The van der Waals surface area contributed by atoms with Gasteiger partial charge in [-0.2, -0.15) is 0 Å². The molecule has 0 aromatic rings. The third-order valence-electron chi connectivity index (χ3n) is 8.57. The van der Waals surface area contributed by atoms with Crippen LogP contribution in [0, 0.1) is 28.1 Å². The van der Waals surface area contributed by atoms with Gasteiger partial charge in [-0.1, -0.05) is 34.1 Å². The molecule has 0 aliphatic heterocycles. The van der Waals surface area contributed by atoms with Crippen LogP contribution in [0.4, 0.5) is 0 Å². The Bertz CT molecular complexity index is 462. The molecular weight excluding hydrogens is 288 g/mol. The standard InChI is InChI=1S/C20H36O3/c1-17(2)8-5-6-15-19(4)11-10-18(3,16(22)13-21)12-14(19)7-9-20(15,17)23/h14-16,21-23H,5-13H2,1-4H3/t14-,15+,16-,18-,19-,20-/m1/s1. The second kappa shape index (κ2) is 5.44. The highest BCUT2D eigenvalue weighted by atomic mass is 16.3. The first-order valence-corrected chi connectivity index (χ1v) is 9.60. The van der Waals surface area contributed by atoms with Gasteiger partial charge in [0, 0.05) is 0 Å². The SMILES string of the molecule is CC1(C)CCC[C@H]2[C@]3(C)CC[C@@](C)([C@H](O)CO)C[C@H]3CC[C@@]21O. The molecule has 134 valence electrons. The Morgan fingerprint density at radius 1 is 1.00 bits per heavy atom. The molecule has 0 saturated heterocycles. The average molecular weight is 325 g/mol. The van der Waals surface area contributed by atoms with Gasteiger partial charge in [-0.25, -0.2) is 0 Å². The summed E-state index contributed by atoms with van der Waals surface area (Å²) in [5, 5.41) is 31.3. The summed E-state index contributed by atoms with van der Waals surface area (Å²) in [7, 11) is 0. The summed E-state index contributed by atoms with van der Waals surface area (Å²) in [4.78, 5) is 0. The molecule has 0 radical (unpaired) electrons. The number of fused-ring (bicyclic) bond motifs is 3. The third kappa shape index (κ3) is 2.41. The quantitative estimate of drug-likeness (QED) is 0.728. The number of hydrogen-bond acceptors (Lipinski definition) is 3. The minimum Gasteiger partial charge on any atom is -0.394 e. The Balaban J connectivity index is 1.89. The maximum atomic E-state index is 11.6.